The standard InChI is InChI=1S/C12H11NO3/c1-15-10-3-2-4-11(7-10)16-12-6-5-9(14)8-13-12/h2-8,14H,1H3. The Labute approximate surface area is 93.1 Å². The Morgan fingerprint density at radius 1 is 1.12 bits per heavy atom. The van der Waals surface area contributed by atoms with Crippen molar-refractivity contribution >= 4 is 0 Å². The maximum atomic E-state index is 9.07. The third-order valence-electron chi connectivity index (χ3n) is 1.98. The number of nitrogens with zero attached hydrogens (tertiary/aromatic N) is 1. The first-order valence-corrected chi connectivity index (χ1v) is 4.75. The van der Waals surface area contributed by atoms with Crippen molar-refractivity contribution < 1.29 is 14.6 Å². The summed E-state index contributed by atoms with van der Waals surface area (Å²) in [6, 6.07) is 10.3. The van der Waals surface area contributed by atoms with Gasteiger partial charge in [-0.25, -0.2) is 4.98 Å². The van der Waals surface area contributed by atoms with E-state index in [2.05, 4.69) is 4.98 Å². The first kappa shape index (κ1) is 10.3. The van der Waals surface area contributed by atoms with E-state index in [1.165, 1.54) is 12.3 Å². The van der Waals surface area contributed by atoms with E-state index in [9.17, 15) is 0 Å². The Morgan fingerprint density at radius 3 is 2.62 bits per heavy atom. The van der Waals surface area contributed by atoms with Gasteiger partial charge in [-0.3, -0.25) is 0 Å². The van der Waals surface area contributed by atoms with Crippen molar-refractivity contribution in [2.75, 3.05) is 7.11 Å². The lowest BCUT2D eigenvalue weighted by atomic mass is 10.3. The predicted octanol–water partition coefficient (Wildman–Crippen LogP) is 2.59. The van der Waals surface area contributed by atoms with Crippen LogP contribution in [0.3, 0.4) is 0 Å². The third kappa shape index (κ3) is 2.42. The molecule has 1 N–H and O–H groups in total. The zero-order chi connectivity index (χ0) is 11.4. The molecule has 4 heteroatoms. The number of pyridine rings is 1. The van der Waals surface area contributed by atoms with Gasteiger partial charge >= 0.3 is 0 Å². The molecule has 0 aliphatic heterocycles. The van der Waals surface area contributed by atoms with Gasteiger partial charge in [0, 0.05) is 12.1 Å². The molecule has 0 fully saturated rings. The average Bonchev–Trinajstić information content (AvgIpc) is 2.32. The van der Waals surface area contributed by atoms with Gasteiger partial charge in [0.25, 0.3) is 0 Å². The summed E-state index contributed by atoms with van der Waals surface area (Å²) in [5.74, 6) is 1.89. The minimum Gasteiger partial charge on any atom is -0.506 e. The van der Waals surface area contributed by atoms with E-state index in [4.69, 9.17) is 14.6 Å². The molecule has 2 rings (SSSR count). The van der Waals surface area contributed by atoms with Crippen molar-refractivity contribution in [3.05, 3.63) is 42.6 Å². The molecule has 0 aliphatic carbocycles. The van der Waals surface area contributed by atoms with Crippen LogP contribution in [0.2, 0.25) is 0 Å². The number of benzene rings is 1. The Hall–Kier alpha value is -2.23. The molecule has 0 radical (unpaired) electrons. The Bertz CT molecular complexity index is 468. The highest BCUT2D eigenvalue weighted by molar-refractivity contribution is 5.35. The van der Waals surface area contributed by atoms with Gasteiger partial charge in [0.2, 0.25) is 5.88 Å². The summed E-state index contributed by atoms with van der Waals surface area (Å²) in [4.78, 5) is 3.92. The molecule has 1 heterocycles. The molecular weight excluding hydrogens is 206 g/mol. The van der Waals surface area contributed by atoms with Gasteiger partial charge in [0.05, 0.1) is 13.3 Å². The predicted molar refractivity (Wildman–Crippen MR) is 59.0 cm³/mol. The van der Waals surface area contributed by atoms with Crippen molar-refractivity contribution in [2.45, 2.75) is 0 Å². The smallest absolute Gasteiger partial charge is 0.219 e. The lowest BCUT2D eigenvalue weighted by Gasteiger charge is -2.06. The Balaban J connectivity index is 2.16. The molecule has 0 aliphatic rings. The van der Waals surface area contributed by atoms with Gasteiger partial charge in [-0.05, 0) is 18.2 Å². The van der Waals surface area contributed by atoms with E-state index in [-0.39, 0.29) is 5.75 Å². The zero-order valence-electron chi connectivity index (χ0n) is 8.75. The van der Waals surface area contributed by atoms with Crippen molar-refractivity contribution in [2.24, 2.45) is 0 Å². The molecule has 0 amide bonds. The number of aromatic hydroxyl groups is 1. The number of ether oxygens (including phenoxy) is 2. The van der Waals surface area contributed by atoms with Crippen LogP contribution < -0.4 is 9.47 Å². The summed E-state index contributed by atoms with van der Waals surface area (Å²) < 4.78 is 10.5. The maximum absolute atomic E-state index is 9.07. The molecule has 1 aromatic heterocycles. The fourth-order valence-corrected chi connectivity index (χ4v) is 1.22. The second-order valence-corrected chi connectivity index (χ2v) is 3.14. The van der Waals surface area contributed by atoms with E-state index < -0.39 is 0 Å². The topological polar surface area (TPSA) is 51.6 Å². The normalized spacial score (nSPS) is 9.81. The van der Waals surface area contributed by atoms with Gasteiger partial charge in [-0.15, -0.1) is 0 Å². The fraction of sp³-hybridized carbons (Fsp3) is 0.0833. The summed E-state index contributed by atoms with van der Waals surface area (Å²) in [5.41, 5.74) is 0. The summed E-state index contributed by atoms with van der Waals surface area (Å²) in [6.45, 7) is 0. The molecule has 16 heavy (non-hydrogen) atoms. The van der Waals surface area contributed by atoms with Crippen LogP contribution in [0.1, 0.15) is 0 Å². The van der Waals surface area contributed by atoms with E-state index in [1.54, 1.807) is 25.3 Å². The molecular formula is C12H11NO3. The third-order valence-corrected chi connectivity index (χ3v) is 1.98. The second-order valence-electron chi connectivity index (χ2n) is 3.14. The number of hydrogen-bond acceptors (Lipinski definition) is 4. The zero-order valence-corrected chi connectivity index (χ0v) is 8.75. The fourth-order valence-electron chi connectivity index (χ4n) is 1.22. The summed E-state index contributed by atoms with van der Waals surface area (Å²) >= 11 is 0. The van der Waals surface area contributed by atoms with Crippen molar-refractivity contribution in [1.82, 2.24) is 4.98 Å². The minimum absolute atomic E-state index is 0.109. The Morgan fingerprint density at radius 2 is 1.94 bits per heavy atom. The largest absolute Gasteiger partial charge is 0.506 e. The van der Waals surface area contributed by atoms with Crippen LogP contribution in [0.5, 0.6) is 23.1 Å². The van der Waals surface area contributed by atoms with Crippen LogP contribution in [0, 0.1) is 0 Å². The molecule has 0 unspecified atom stereocenters. The second kappa shape index (κ2) is 4.53. The highest BCUT2D eigenvalue weighted by Gasteiger charge is 2.00. The van der Waals surface area contributed by atoms with Gasteiger partial charge in [-0.2, -0.15) is 0 Å². The van der Waals surface area contributed by atoms with E-state index >= 15 is 0 Å². The van der Waals surface area contributed by atoms with Crippen LogP contribution in [0.15, 0.2) is 42.6 Å². The van der Waals surface area contributed by atoms with E-state index in [1.807, 2.05) is 12.1 Å². The van der Waals surface area contributed by atoms with Crippen LogP contribution >= 0.6 is 0 Å². The van der Waals surface area contributed by atoms with Crippen molar-refractivity contribution in [3.63, 3.8) is 0 Å². The molecule has 0 atom stereocenters. The molecule has 4 nitrogen and oxygen atoms in total. The van der Waals surface area contributed by atoms with Gasteiger partial charge in [-0.1, -0.05) is 6.07 Å². The number of methoxy groups -OCH3 is 1. The molecule has 0 bridgehead atoms. The van der Waals surface area contributed by atoms with E-state index in [0.29, 0.717) is 11.6 Å². The summed E-state index contributed by atoms with van der Waals surface area (Å²) in [6.07, 6.45) is 1.33. The highest BCUT2D eigenvalue weighted by Crippen LogP contribution is 2.24. The van der Waals surface area contributed by atoms with Crippen molar-refractivity contribution in [1.29, 1.82) is 0 Å². The number of aromatic nitrogens is 1. The lowest BCUT2D eigenvalue weighted by Crippen LogP contribution is -1.88. The molecule has 1 aromatic carbocycles. The quantitative estimate of drug-likeness (QED) is 0.858. The average molecular weight is 217 g/mol. The number of hydrogen-bond donors (Lipinski definition) is 1. The van der Waals surface area contributed by atoms with E-state index in [0.717, 1.165) is 5.75 Å². The monoisotopic (exact) mass is 217 g/mol. The molecule has 0 saturated heterocycles. The van der Waals surface area contributed by atoms with Gasteiger partial charge in [0.1, 0.15) is 17.2 Å². The SMILES string of the molecule is COc1cccc(Oc2ccc(O)cn2)c1. The first-order chi connectivity index (χ1) is 7.78. The Kier molecular flexibility index (Phi) is 2.91. The number of rotatable bonds is 3. The lowest BCUT2D eigenvalue weighted by molar-refractivity contribution is 0.406. The molecule has 0 saturated carbocycles. The van der Waals surface area contributed by atoms with Crippen LogP contribution in [0.4, 0.5) is 0 Å². The van der Waals surface area contributed by atoms with Crippen molar-refractivity contribution in [3.8, 4) is 23.1 Å². The highest BCUT2D eigenvalue weighted by atomic mass is 16.5. The summed E-state index contributed by atoms with van der Waals surface area (Å²) in [5, 5.41) is 9.07. The minimum atomic E-state index is 0.109. The van der Waals surface area contributed by atoms with Gasteiger partial charge in [0.15, 0.2) is 0 Å². The van der Waals surface area contributed by atoms with Crippen LogP contribution in [-0.4, -0.2) is 17.2 Å². The first-order valence-electron chi connectivity index (χ1n) is 4.75. The maximum Gasteiger partial charge on any atom is 0.219 e. The molecule has 2 aromatic rings. The molecule has 82 valence electrons. The van der Waals surface area contributed by atoms with Crippen LogP contribution in [-0.2, 0) is 0 Å². The van der Waals surface area contributed by atoms with Gasteiger partial charge < -0.3 is 14.6 Å². The summed E-state index contributed by atoms with van der Waals surface area (Å²) in [7, 11) is 1.60. The van der Waals surface area contributed by atoms with Crippen LogP contribution in [0.25, 0.3) is 0 Å². The molecule has 0 spiro atoms.